The average Bonchev–Trinajstić information content (AvgIpc) is 2.84. The molecule has 0 radical (unpaired) electrons. The van der Waals surface area contributed by atoms with E-state index in [2.05, 4.69) is 38.7 Å². The van der Waals surface area contributed by atoms with Gasteiger partial charge in [0.15, 0.2) is 0 Å². The van der Waals surface area contributed by atoms with Gasteiger partial charge in [-0.25, -0.2) is 9.97 Å². The minimum atomic E-state index is 0.137. The number of thiophene rings is 1. The number of hydrogen-bond donors (Lipinski definition) is 1. The van der Waals surface area contributed by atoms with Crippen molar-refractivity contribution >= 4 is 11.3 Å². The number of nitrogens with two attached hydrogens (primary N) is 1. The minimum absolute atomic E-state index is 0.137. The summed E-state index contributed by atoms with van der Waals surface area (Å²) in [5.74, 6) is 0. The minimum Gasteiger partial charge on any atom is -0.329 e. The molecule has 0 aromatic carbocycles. The SMILES string of the molecule is CN(Cc1ccsc1)C(CN)c1ccncn1. The maximum atomic E-state index is 5.84. The molecule has 0 spiro atoms. The van der Waals surface area contributed by atoms with Crippen LogP contribution >= 0.6 is 11.3 Å². The van der Waals surface area contributed by atoms with Crippen molar-refractivity contribution in [1.82, 2.24) is 14.9 Å². The van der Waals surface area contributed by atoms with Crippen LogP contribution in [0.3, 0.4) is 0 Å². The van der Waals surface area contributed by atoms with E-state index in [-0.39, 0.29) is 6.04 Å². The fourth-order valence-electron chi connectivity index (χ4n) is 1.81. The molecule has 0 fully saturated rings. The van der Waals surface area contributed by atoms with Gasteiger partial charge in [0, 0.05) is 19.3 Å². The third kappa shape index (κ3) is 3.09. The second kappa shape index (κ2) is 5.86. The Morgan fingerprint density at radius 1 is 1.47 bits per heavy atom. The Kier molecular flexibility index (Phi) is 4.19. The summed E-state index contributed by atoms with van der Waals surface area (Å²) in [5, 5.41) is 4.25. The lowest BCUT2D eigenvalue weighted by Gasteiger charge is -2.25. The number of nitrogens with zero attached hydrogens (tertiary/aromatic N) is 3. The molecular weight excluding hydrogens is 232 g/mol. The van der Waals surface area contributed by atoms with Crippen LogP contribution in [0.15, 0.2) is 35.4 Å². The van der Waals surface area contributed by atoms with Crippen LogP contribution < -0.4 is 5.73 Å². The lowest BCUT2D eigenvalue weighted by atomic mass is 10.1. The van der Waals surface area contributed by atoms with Crippen molar-refractivity contribution in [2.75, 3.05) is 13.6 Å². The Morgan fingerprint density at radius 2 is 2.35 bits per heavy atom. The molecule has 0 amide bonds. The highest BCUT2D eigenvalue weighted by molar-refractivity contribution is 7.07. The molecule has 90 valence electrons. The molecule has 0 aliphatic carbocycles. The predicted molar refractivity (Wildman–Crippen MR) is 69.6 cm³/mol. The van der Waals surface area contributed by atoms with Crippen LogP contribution in [-0.2, 0) is 6.54 Å². The van der Waals surface area contributed by atoms with Gasteiger partial charge in [-0.2, -0.15) is 11.3 Å². The standard InChI is InChI=1S/C12H16N4S/c1-16(7-10-3-5-17-8-10)12(6-13)11-2-4-14-9-15-11/h2-5,8-9,12H,6-7,13H2,1H3. The number of aromatic nitrogens is 2. The average molecular weight is 248 g/mol. The summed E-state index contributed by atoms with van der Waals surface area (Å²) in [6, 6.07) is 4.19. The van der Waals surface area contributed by atoms with Gasteiger partial charge in [-0.15, -0.1) is 0 Å². The Morgan fingerprint density at radius 3 is 2.94 bits per heavy atom. The van der Waals surface area contributed by atoms with Gasteiger partial charge in [-0.1, -0.05) is 0 Å². The van der Waals surface area contributed by atoms with E-state index in [1.807, 2.05) is 6.07 Å². The van der Waals surface area contributed by atoms with E-state index in [4.69, 9.17) is 5.73 Å². The largest absolute Gasteiger partial charge is 0.329 e. The van der Waals surface area contributed by atoms with E-state index in [0.29, 0.717) is 6.54 Å². The molecule has 4 nitrogen and oxygen atoms in total. The monoisotopic (exact) mass is 248 g/mol. The van der Waals surface area contributed by atoms with Crippen molar-refractivity contribution < 1.29 is 0 Å². The Balaban J connectivity index is 2.08. The number of hydrogen-bond acceptors (Lipinski definition) is 5. The van der Waals surface area contributed by atoms with Crippen LogP contribution in [0.5, 0.6) is 0 Å². The molecule has 1 atom stereocenters. The van der Waals surface area contributed by atoms with Gasteiger partial charge in [0.1, 0.15) is 6.33 Å². The quantitative estimate of drug-likeness (QED) is 0.874. The Labute approximate surface area is 105 Å². The highest BCUT2D eigenvalue weighted by atomic mass is 32.1. The van der Waals surface area contributed by atoms with Crippen LogP contribution in [0.2, 0.25) is 0 Å². The van der Waals surface area contributed by atoms with Crippen molar-refractivity contribution in [3.05, 3.63) is 46.7 Å². The van der Waals surface area contributed by atoms with Gasteiger partial charge < -0.3 is 5.73 Å². The van der Waals surface area contributed by atoms with Gasteiger partial charge in [0.25, 0.3) is 0 Å². The summed E-state index contributed by atoms with van der Waals surface area (Å²) in [6.07, 6.45) is 3.32. The Hall–Kier alpha value is -1.30. The second-order valence-electron chi connectivity index (χ2n) is 3.93. The van der Waals surface area contributed by atoms with Crippen LogP contribution in [-0.4, -0.2) is 28.5 Å². The van der Waals surface area contributed by atoms with Gasteiger partial charge >= 0.3 is 0 Å². The van der Waals surface area contributed by atoms with E-state index >= 15 is 0 Å². The van der Waals surface area contributed by atoms with Gasteiger partial charge in [-0.05, 0) is 35.5 Å². The fraction of sp³-hybridized carbons (Fsp3) is 0.333. The molecular formula is C12H16N4S. The zero-order valence-electron chi connectivity index (χ0n) is 9.78. The summed E-state index contributed by atoms with van der Waals surface area (Å²) in [4.78, 5) is 10.4. The van der Waals surface area contributed by atoms with Gasteiger partial charge in [0.05, 0.1) is 11.7 Å². The van der Waals surface area contributed by atoms with E-state index in [1.54, 1.807) is 23.9 Å². The van der Waals surface area contributed by atoms with E-state index < -0.39 is 0 Å². The first-order valence-electron chi connectivity index (χ1n) is 5.48. The topological polar surface area (TPSA) is 55.0 Å². The third-order valence-electron chi connectivity index (χ3n) is 2.71. The molecule has 2 heterocycles. The molecule has 0 saturated heterocycles. The predicted octanol–water partition coefficient (Wildman–Crippen LogP) is 1.67. The summed E-state index contributed by atoms with van der Waals surface area (Å²) >= 11 is 1.71. The van der Waals surface area contributed by atoms with E-state index in [9.17, 15) is 0 Å². The lowest BCUT2D eigenvalue weighted by Crippen LogP contribution is -2.30. The summed E-state index contributed by atoms with van der Waals surface area (Å²) in [5.41, 5.74) is 8.12. The molecule has 2 rings (SSSR count). The molecule has 5 heteroatoms. The summed E-state index contributed by atoms with van der Waals surface area (Å²) < 4.78 is 0. The summed E-state index contributed by atoms with van der Waals surface area (Å²) in [7, 11) is 2.07. The van der Waals surface area contributed by atoms with Crippen LogP contribution in [0.4, 0.5) is 0 Å². The normalized spacial score (nSPS) is 12.9. The molecule has 2 aromatic rings. The Bertz CT molecular complexity index is 429. The van der Waals surface area contributed by atoms with Crippen molar-refractivity contribution in [3.8, 4) is 0 Å². The zero-order chi connectivity index (χ0) is 12.1. The highest BCUT2D eigenvalue weighted by Gasteiger charge is 2.16. The van der Waals surface area contributed by atoms with Gasteiger partial charge in [-0.3, -0.25) is 4.90 Å². The molecule has 2 N–H and O–H groups in total. The van der Waals surface area contributed by atoms with Crippen molar-refractivity contribution in [2.45, 2.75) is 12.6 Å². The third-order valence-corrected chi connectivity index (χ3v) is 3.45. The summed E-state index contributed by atoms with van der Waals surface area (Å²) in [6.45, 7) is 1.44. The van der Waals surface area contributed by atoms with E-state index in [1.165, 1.54) is 5.56 Å². The molecule has 17 heavy (non-hydrogen) atoms. The highest BCUT2D eigenvalue weighted by Crippen LogP contribution is 2.18. The van der Waals surface area contributed by atoms with Crippen LogP contribution in [0, 0.1) is 0 Å². The first-order valence-corrected chi connectivity index (χ1v) is 6.43. The van der Waals surface area contributed by atoms with Crippen molar-refractivity contribution in [3.63, 3.8) is 0 Å². The first-order chi connectivity index (χ1) is 8.31. The maximum Gasteiger partial charge on any atom is 0.115 e. The molecule has 0 aliphatic rings. The van der Waals surface area contributed by atoms with Crippen LogP contribution in [0.25, 0.3) is 0 Å². The molecule has 0 aliphatic heterocycles. The molecule has 2 aromatic heterocycles. The second-order valence-corrected chi connectivity index (χ2v) is 4.71. The molecule has 0 bridgehead atoms. The lowest BCUT2D eigenvalue weighted by molar-refractivity contribution is 0.237. The van der Waals surface area contributed by atoms with Crippen molar-refractivity contribution in [2.24, 2.45) is 5.73 Å². The van der Waals surface area contributed by atoms with Gasteiger partial charge in [0.2, 0.25) is 0 Å². The smallest absolute Gasteiger partial charge is 0.115 e. The first kappa shape index (κ1) is 12.2. The number of likely N-dealkylation sites (N-methyl/N-ethyl adjacent to an activating group) is 1. The maximum absolute atomic E-state index is 5.84. The van der Waals surface area contributed by atoms with Crippen molar-refractivity contribution in [1.29, 1.82) is 0 Å². The molecule has 0 saturated carbocycles. The zero-order valence-corrected chi connectivity index (χ0v) is 10.6. The van der Waals surface area contributed by atoms with E-state index in [0.717, 1.165) is 12.2 Å². The molecule has 1 unspecified atom stereocenters. The van der Waals surface area contributed by atoms with Crippen LogP contribution in [0.1, 0.15) is 17.3 Å². The number of rotatable bonds is 5. The fourth-order valence-corrected chi connectivity index (χ4v) is 2.47.